The normalized spacial score (nSPS) is 17.4. The average Bonchev–Trinajstić information content (AvgIpc) is 2.19. The molecule has 5 heteroatoms. The summed E-state index contributed by atoms with van der Waals surface area (Å²) in [4.78, 5) is 11.6. The van der Waals surface area contributed by atoms with Crippen LogP contribution in [0.3, 0.4) is 0 Å². The van der Waals surface area contributed by atoms with Crippen molar-refractivity contribution in [1.29, 1.82) is 0 Å². The molecule has 1 fully saturated rings. The Morgan fingerprint density at radius 3 is 2.76 bits per heavy atom. The van der Waals surface area contributed by atoms with E-state index in [1.165, 1.54) is 12.1 Å². The van der Waals surface area contributed by atoms with Gasteiger partial charge < -0.3 is 10.6 Å². The van der Waals surface area contributed by atoms with Gasteiger partial charge in [-0.3, -0.25) is 4.79 Å². The maximum absolute atomic E-state index is 13.5. The number of hydrogen-bond acceptors (Lipinski definition) is 2. The van der Waals surface area contributed by atoms with Crippen LogP contribution in [0.2, 0.25) is 0 Å². The summed E-state index contributed by atoms with van der Waals surface area (Å²) in [5, 5.41) is 5.66. The minimum Gasteiger partial charge on any atom is -0.349 e. The van der Waals surface area contributed by atoms with Crippen molar-refractivity contribution in [2.75, 3.05) is 13.1 Å². The van der Waals surface area contributed by atoms with E-state index in [1.807, 2.05) is 0 Å². The van der Waals surface area contributed by atoms with Crippen molar-refractivity contribution >= 4 is 5.91 Å². The van der Waals surface area contributed by atoms with Crippen molar-refractivity contribution in [3.05, 3.63) is 35.4 Å². The lowest BCUT2D eigenvalue weighted by molar-refractivity contribution is -0.127. The van der Waals surface area contributed by atoms with Gasteiger partial charge in [0.25, 0.3) is 0 Å². The smallest absolute Gasteiger partial charge is 0.226 e. The summed E-state index contributed by atoms with van der Waals surface area (Å²) >= 11 is 0. The minimum absolute atomic E-state index is 0.0610. The van der Waals surface area contributed by atoms with E-state index in [0.29, 0.717) is 13.1 Å². The molecule has 1 saturated heterocycles. The number of halogens is 2. The van der Waals surface area contributed by atoms with Gasteiger partial charge in [0.15, 0.2) is 11.6 Å². The summed E-state index contributed by atoms with van der Waals surface area (Å²) in [5.41, 5.74) is 0.172. The van der Waals surface area contributed by atoms with Gasteiger partial charge in [-0.05, 0) is 13.0 Å². The zero-order valence-corrected chi connectivity index (χ0v) is 9.47. The standard InChI is InChI=1S/C12H14F2N2O/c1-7(16-12(17)8-5-15-6-8)9-3-2-4-10(13)11(9)14/h2-4,7-8,15H,5-6H2,1H3,(H,16,17). The third kappa shape index (κ3) is 2.44. The molecule has 0 spiro atoms. The Hall–Kier alpha value is -1.49. The van der Waals surface area contributed by atoms with Crippen LogP contribution < -0.4 is 10.6 Å². The van der Waals surface area contributed by atoms with Crippen LogP contribution in [0.25, 0.3) is 0 Å². The van der Waals surface area contributed by atoms with E-state index in [-0.39, 0.29) is 17.4 Å². The Kier molecular flexibility index (Phi) is 3.38. The van der Waals surface area contributed by atoms with E-state index >= 15 is 0 Å². The average molecular weight is 240 g/mol. The first kappa shape index (κ1) is 12.0. The Labute approximate surface area is 98.2 Å². The van der Waals surface area contributed by atoms with Gasteiger partial charge in [-0.2, -0.15) is 0 Å². The largest absolute Gasteiger partial charge is 0.349 e. The molecule has 1 aliphatic heterocycles. The molecule has 0 aromatic heterocycles. The number of hydrogen-bond donors (Lipinski definition) is 2. The fourth-order valence-corrected chi connectivity index (χ4v) is 1.74. The topological polar surface area (TPSA) is 41.1 Å². The Morgan fingerprint density at radius 1 is 1.47 bits per heavy atom. The highest BCUT2D eigenvalue weighted by Gasteiger charge is 2.26. The Morgan fingerprint density at radius 2 is 2.18 bits per heavy atom. The second-order valence-corrected chi connectivity index (χ2v) is 4.23. The quantitative estimate of drug-likeness (QED) is 0.837. The van der Waals surface area contributed by atoms with Crippen molar-refractivity contribution in [1.82, 2.24) is 10.6 Å². The van der Waals surface area contributed by atoms with Crippen LogP contribution in [0.1, 0.15) is 18.5 Å². The molecule has 2 N–H and O–H groups in total. The first-order valence-corrected chi connectivity index (χ1v) is 5.54. The highest BCUT2D eigenvalue weighted by atomic mass is 19.2. The molecule has 17 heavy (non-hydrogen) atoms. The van der Waals surface area contributed by atoms with Crippen molar-refractivity contribution < 1.29 is 13.6 Å². The number of carbonyl (C=O) groups excluding carboxylic acids is 1. The molecule has 1 amide bonds. The molecule has 1 aromatic rings. The highest BCUT2D eigenvalue weighted by Crippen LogP contribution is 2.19. The van der Waals surface area contributed by atoms with Crippen LogP contribution in [0, 0.1) is 17.6 Å². The second kappa shape index (κ2) is 4.79. The molecule has 3 nitrogen and oxygen atoms in total. The molecule has 0 saturated carbocycles. The maximum atomic E-state index is 13.5. The van der Waals surface area contributed by atoms with Gasteiger partial charge in [-0.15, -0.1) is 0 Å². The zero-order chi connectivity index (χ0) is 12.4. The van der Waals surface area contributed by atoms with Crippen LogP contribution in [0.15, 0.2) is 18.2 Å². The van der Waals surface area contributed by atoms with Crippen LogP contribution >= 0.6 is 0 Å². The van der Waals surface area contributed by atoms with Gasteiger partial charge in [-0.25, -0.2) is 8.78 Å². The van der Waals surface area contributed by atoms with Crippen molar-refractivity contribution in [3.8, 4) is 0 Å². The van der Waals surface area contributed by atoms with E-state index in [0.717, 1.165) is 6.07 Å². The predicted molar refractivity (Wildman–Crippen MR) is 59.3 cm³/mol. The molecule has 0 bridgehead atoms. The van der Waals surface area contributed by atoms with E-state index in [9.17, 15) is 13.6 Å². The molecular weight excluding hydrogens is 226 g/mol. The molecule has 1 atom stereocenters. The second-order valence-electron chi connectivity index (χ2n) is 4.23. The summed E-state index contributed by atoms with van der Waals surface area (Å²) in [5.74, 6) is -1.98. The van der Waals surface area contributed by atoms with Crippen LogP contribution in [-0.4, -0.2) is 19.0 Å². The zero-order valence-electron chi connectivity index (χ0n) is 9.47. The number of amides is 1. The van der Waals surface area contributed by atoms with E-state index in [4.69, 9.17) is 0 Å². The molecule has 92 valence electrons. The molecule has 0 radical (unpaired) electrons. The van der Waals surface area contributed by atoms with Crippen LogP contribution in [0.4, 0.5) is 8.78 Å². The molecule has 1 aromatic carbocycles. The fraction of sp³-hybridized carbons (Fsp3) is 0.417. The third-order valence-electron chi connectivity index (χ3n) is 2.96. The Balaban J connectivity index is 2.06. The highest BCUT2D eigenvalue weighted by molar-refractivity contribution is 5.80. The van der Waals surface area contributed by atoms with Crippen LogP contribution in [0.5, 0.6) is 0 Å². The summed E-state index contributed by atoms with van der Waals surface area (Å²) in [6.07, 6.45) is 0. The number of nitrogens with one attached hydrogen (secondary N) is 2. The van der Waals surface area contributed by atoms with Gasteiger partial charge >= 0.3 is 0 Å². The number of rotatable bonds is 3. The summed E-state index contributed by atoms with van der Waals surface area (Å²) in [7, 11) is 0. The van der Waals surface area contributed by atoms with E-state index in [1.54, 1.807) is 6.92 Å². The van der Waals surface area contributed by atoms with Gasteiger partial charge in [0, 0.05) is 18.7 Å². The summed E-state index contributed by atoms with van der Waals surface area (Å²) < 4.78 is 26.5. The van der Waals surface area contributed by atoms with Gasteiger partial charge in [0.2, 0.25) is 5.91 Å². The van der Waals surface area contributed by atoms with E-state index < -0.39 is 17.7 Å². The number of benzene rings is 1. The lowest BCUT2D eigenvalue weighted by Gasteiger charge is -2.27. The first-order valence-electron chi connectivity index (χ1n) is 5.54. The van der Waals surface area contributed by atoms with E-state index in [2.05, 4.69) is 10.6 Å². The molecule has 1 unspecified atom stereocenters. The molecular formula is C12H14F2N2O. The van der Waals surface area contributed by atoms with Gasteiger partial charge in [-0.1, -0.05) is 12.1 Å². The lowest BCUT2D eigenvalue weighted by Crippen LogP contribution is -2.51. The Bertz CT molecular complexity index is 433. The summed E-state index contributed by atoms with van der Waals surface area (Å²) in [6, 6.07) is 3.44. The molecule has 0 aliphatic carbocycles. The monoisotopic (exact) mass is 240 g/mol. The fourth-order valence-electron chi connectivity index (χ4n) is 1.74. The van der Waals surface area contributed by atoms with Gasteiger partial charge in [0.05, 0.1) is 12.0 Å². The number of carbonyl (C=O) groups is 1. The third-order valence-corrected chi connectivity index (χ3v) is 2.96. The summed E-state index contributed by atoms with van der Waals surface area (Å²) in [6.45, 7) is 2.93. The van der Waals surface area contributed by atoms with Crippen molar-refractivity contribution in [2.45, 2.75) is 13.0 Å². The minimum atomic E-state index is -0.896. The first-order chi connectivity index (χ1) is 8.09. The van der Waals surface area contributed by atoms with Crippen LogP contribution in [-0.2, 0) is 4.79 Å². The lowest BCUT2D eigenvalue weighted by atomic mass is 10.0. The van der Waals surface area contributed by atoms with Gasteiger partial charge in [0.1, 0.15) is 0 Å². The SMILES string of the molecule is CC(NC(=O)C1CNC1)c1cccc(F)c1F. The molecule has 2 rings (SSSR count). The van der Waals surface area contributed by atoms with Crippen molar-refractivity contribution in [2.24, 2.45) is 5.92 Å². The van der Waals surface area contributed by atoms with Crippen molar-refractivity contribution in [3.63, 3.8) is 0 Å². The molecule has 1 heterocycles. The molecule has 1 aliphatic rings. The maximum Gasteiger partial charge on any atom is 0.226 e. The predicted octanol–water partition coefficient (Wildman–Crippen LogP) is 1.36.